The number of carbonyl (C=O) groups is 1. The predicted molar refractivity (Wildman–Crippen MR) is 96.3 cm³/mol. The molecule has 0 unspecified atom stereocenters. The third-order valence-corrected chi connectivity index (χ3v) is 4.04. The third kappa shape index (κ3) is 3.66. The molecule has 7 nitrogen and oxygen atoms in total. The van der Waals surface area contributed by atoms with Crippen molar-refractivity contribution in [1.29, 1.82) is 0 Å². The van der Waals surface area contributed by atoms with E-state index in [4.69, 9.17) is 9.47 Å². The van der Waals surface area contributed by atoms with Crippen LogP contribution in [0.4, 0.5) is 0 Å². The Morgan fingerprint density at radius 1 is 1.08 bits per heavy atom. The Morgan fingerprint density at radius 2 is 1.73 bits per heavy atom. The number of hydrogen-bond donors (Lipinski definition) is 1. The van der Waals surface area contributed by atoms with Crippen molar-refractivity contribution in [2.45, 2.75) is 6.04 Å². The van der Waals surface area contributed by atoms with E-state index in [9.17, 15) is 4.79 Å². The average Bonchev–Trinajstić information content (AvgIpc) is 3.11. The molecule has 0 radical (unpaired) electrons. The number of rotatable bonds is 6. The van der Waals surface area contributed by atoms with Gasteiger partial charge in [0.15, 0.2) is 0 Å². The SMILES string of the molecule is COc1cc(OC)cc([C@H](NC(=O)c2ccncc2)c2nccn2C)c1. The second-order valence-electron chi connectivity index (χ2n) is 5.68. The van der Waals surface area contributed by atoms with Crippen molar-refractivity contribution >= 4 is 5.91 Å². The number of hydrogen-bond acceptors (Lipinski definition) is 5. The number of carbonyl (C=O) groups excluding carboxylic acids is 1. The van der Waals surface area contributed by atoms with Crippen LogP contribution in [0.1, 0.15) is 27.8 Å². The van der Waals surface area contributed by atoms with E-state index < -0.39 is 6.04 Å². The minimum Gasteiger partial charge on any atom is -0.497 e. The van der Waals surface area contributed by atoms with Crippen LogP contribution >= 0.6 is 0 Å². The van der Waals surface area contributed by atoms with Crippen LogP contribution in [0.3, 0.4) is 0 Å². The second-order valence-corrected chi connectivity index (χ2v) is 5.68. The molecule has 0 spiro atoms. The number of nitrogens with one attached hydrogen (secondary N) is 1. The Morgan fingerprint density at radius 3 is 2.27 bits per heavy atom. The largest absolute Gasteiger partial charge is 0.497 e. The number of ether oxygens (including phenoxy) is 2. The third-order valence-electron chi connectivity index (χ3n) is 4.04. The molecule has 1 N–H and O–H groups in total. The van der Waals surface area contributed by atoms with Crippen molar-refractivity contribution in [1.82, 2.24) is 19.9 Å². The molecule has 1 atom stereocenters. The summed E-state index contributed by atoms with van der Waals surface area (Å²) in [5.74, 6) is 1.75. The van der Waals surface area contributed by atoms with Gasteiger partial charge in [0.1, 0.15) is 23.4 Å². The molecule has 134 valence electrons. The van der Waals surface area contributed by atoms with Gasteiger partial charge in [-0.15, -0.1) is 0 Å². The lowest BCUT2D eigenvalue weighted by molar-refractivity contribution is 0.0941. The van der Waals surface area contributed by atoms with Crippen LogP contribution in [0.2, 0.25) is 0 Å². The first-order valence-corrected chi connectivity index (χ1v) is 8.03. The highest BCUT2D eigenvalue weighted by atomic mass is 16.5. The van der Waals surface area contributed by atoms with Gasteiger partial charge in [-0.2, -0.15) is 0 Å². The lowest BCUT2D eigenvalue weighted by Crippen LogP contribution is -2.31. The van der Waals surface area contributed by atoms with E-state index >= 15 is 0 Å². The zero-order valence-electron chi connectivity index (χ0n) is 14.8. The molecule has 7 heteroatoms. The summed E-state index contributed by atoms with van der Waals surface area (Å²) in [6.45, 7) is 0. The van der Waals surface area contributed by atoms with Crippen LogP contribution in [0.15, 0.2) is 55.1 Å². The molecule has 26 heavy (non-hydrogen) atoms. The van der Waals surface area contributed by atoms with Gasteiger partial charge in [0.05, 0.1) is 14.2 Å². The van der Waals surface area contributed by atoms with E-state index in [1.165, 1.54) is 0 Å². The van der Waals surface area contributed by atoms with Crippen LogP contribution in [-0.2, 0) is 7.05 Å². The molecule has 0 aliphatic heterocycles. The number of aryl methyl sites for hydroxylation is 1. The molecular formula is C19H20N4O3. The number of aromatic nitrogens is 3. The molecule has 2 aromatic heterocycles. The fourth-order valence-electron chi connectivity index (χ4n) is 2.67. The van der Waals surface area contributed by atoms with Crippen LogP contribution in [0, 0.1) is 0 Å². The van der Waals surface area contributed by atoms with E-state index in [1.807, 2.05) is 29.9 Å². The molecule has 1 amide bonds. The van der Waals surface area contributed by atoms with Gasteiger partial charge in [-0.05, 0) is 29.8 Å². The summed E-state index contributed by atoms with van der Waals surface area (Å²) < 4.78 is 12.6. The van der Waals surface area contributed by atoms with E-state index in [0.717, 1.165) is 5.56 Å². The molecule has 3 rings (SSSR count). The van der Waals surface area contributed by atoms with Gasteiger partial charge in [-0.1, -0.05) is 0 Å². The summed E-state index contributed by atoms with van der Waals surface area (Å²) in [4.78, 5) is 21.1. The van der Waals surface area contributed by atoms with Crippen molar-refractivity contribution in [3.8, 4) is 11.5 Å². The van der Waals surface area contributed by atoms with Gasteiger partial charge in [0.2, 0.25) is 0 Å². The fraction of sp³-hybridized carbons (Fsp3) is 0.211. The monoisotopic (exact) mass is 352 g/mol. The van der Waals surface area contributed by atoms with Crippen molar-refractivity contribution in [2.75, 3.05) is 14.2 Å². The van der Waals surface area contributed by atoms with E-state index in [2.05, 4.69) is 15.3 Å². The minimum atomic E-state index is -0.473. The predicted octanol–water partition coefficient (Wildman–Crippen LogP) is 2.35. The quantitative estimate of drug-likeness (QED) is 0.737. The molecule has 0 saturated carbocycles. The number of methoxy groups -OCH3 is 2. The Kier molecular flexibility index (Phi) is 5.17. The minimum absolute atomic E-state index is 0.220. The number of pyridine rings is 1. The summed E-state index contributed by atoms with van der Waals surface area (Å²) in [5.41, 5.74) is 1.33. The average molecular weight is 352 g/mol. The highest BCUT2D eigenvalue weighted by Gasteiger charge is 2.23. The Hall–Kier alpha value is -3.35. The van der Waals surface area contributed by atoms with Gasteiger partial charge < -0.3 is 19.4 Å². The van der Waals surface area contributed by atoms with Crippen molar-refractivity contribution < 1.29 is 14.3 Å². The maximum absolute atomic E-state index is 12.7. The Labute approximate surface area is 151 Å². The van der Waals surface area contributed by atoms with Crippen LogP contribution in [-0.4, -0.2) is 34.7 Å². The van der Waals surface area contributed by atoms with Crippen LogP contribution < -0.4 is 14.8 Å². The summed E-state index contributed by atoms with van der Waals surface area (Å²) in [6.07, 6.45) is 6.69. The highest BCUT2D eigenvalue weighted by molar-refractivity contribution is 5.94. The summed E-state index contributed by atoms with van der Waals surface area (Å²) in [7, 11) is 5.05. The lowest BCUT2D eigenvalue weighted by atomic mass is 10.0. The molecule has 0 fully saturated rings. The molecule has 0 aliphatic carbocycles. The maximum atomic E-state index is 12.7. The Balaban J connectivity index is 2.02. The first kappa shape index (κ1) is 17.5. The summed E-state index contributed by atoms with van der Waals surface area (Å²) in [6, 6.07) is 8.35. The zero-order chi connectivity index (χ0) is 18.5. The smallest absolute Gasteiger partial charge is 0.252 e. The van der Waals surface area contributed by atoms with Gasteiger partial charge in [-0.25, -0.2) is 4.98 Å². The first-order chi connectivity index (χ1) is 12.6. The normalized spacial score (nSPS) is 11.7. The van der Waals surface area contributed by atoms with Crippen molar-refractivity contribution in [2.24, 2.45) is 7.05 Å². The molecule has 1 aromatic carbocycles. The van der Waals surface area contributed by atoms with E-state index in [-0.39, 0.29) is 5.91 Å². The lowest BCUT2D eigenvalue weighted by Gasteiger charge is -2.20. The highest BCUT2D eigenvalue weighted by Crippen LogP contribution is 2.29. The van der Waals surface area contributed by atoms with Crippen molar-refractivity contribution in [3.63, 3.8) is 0 Å². The summed E-state index contributed by atoms with van der Waals surface area (Å²) >= 11 is 0. The van der Waals surface area contributed by atoms with Gasteiger partial charge >= 0.3 is 0 Å². The molecule has 0 bridgehead atoms. The standard InChI is InChI=1S/C19H20N4O3/c1-23-9-8-21-18(23)17(22-19(24)13-4-6-20-7-5-13)14-10-15(25-2)12-16(11-14)26-3/h4-12,17H,1-3H3,(H,22,24)/t17-/m0/s1. The van der Waals surface area contributed by atoms with E-state index in [0.29, 0.717) is 22.9 Å². The second kappa shape index (κ2) is 7.69. The number of nitrogens with zero attached hydrogens (tertiary/aromatic N) is 3. The van der Waals surface area contributed by atoms with Gasteiger partial charge in [0, 0.05) is 43.5 Å². The van der Waals surface area contributed by atoms with Crippen molar-refractivity contribution in [3.05, 3.63) is 72.1 Å². The van der Waals surface area contributed by atoms with E-state index in [1.54, 1.807) is 51.0 Å². The maximum Gasteiger partial charge on any atom is 0.252 e. The molecule has 0 saturated heterocycles. The van der Waals surface area contributed by atoms with Crippen LogP contribution in [0.25, 0.3) is 0 Å². The molecule has 2 heterocycles. The molecule has 3 aromatic rings. The summed E-state index contributed by atoms with van der Waals surface area (Å²) in [5, 5.41) is 3.03. The zero-order valence-corrected chi connectivity index (χ0v) is 14.8. The molecular weight excluding hydrogens is 332 g/mol. The fourth-order valence-corrected chi connectivity index (χ4v) is 2.67. The number of amides is 1. The molecule has 0 aliphatic rings. The van der Waals surface area contributed by atoms with Gasteiger partial charge in [0.25, 0.3) is 5.91 Å². The Bertz CT molecular complexity index is 871. The number of imidazole rings is 1. The van der Waals surface area contributed by atoms with Crippen LogP contribution in [0.5, 0.6) is 11.5 Å². The topological polar surface area (TPSA) is 78.3 Å². The number of benzene rings is 1. The first-order valence-electron chi connectivity index (χ1n) is 8.03. The van der Waals surface area contributed by atoms with Gasteiger partial charge in [-0.3, -0.25) is 9.78 Å².